The number of nitrogens with one attached hydrogen (secondary N) is 2. The van der Waals surface area contributed by atoms with Crippen LogP contribution in [0.3, 0.4) is 0 Å². The van der Waals surface area contributed by atoms with Crippen LogP contribution in [0.2, 0.25) is 0 Å². The minimum atomic E-state index is -0.833. The topological polar surface area (TPSA) is 195 Å². The summed E-state index contributed by atoms with van der Waals surface area (Å²) in [7, 11) is 0. The Bertz CT molecular complexity index is 737. The third-order valence-electron chi connectivity index (χ3n) is 5.15. The molecule has 3 fully saturated rings. The Morgan fingerprint density at radius 3 is 2.18 bits per heavy atom. The van der Waals surface area contributed by atoms with Gasteiger partial charge in [-0.1, -0.05) is 0 Å². The second kappa shape index (κ2) is 22.8. The summed E-state index contributed by atoms with van der Waals surface area (Å²) in [4.78, 5) is 30.4. The van der Waals surface area contributed by atoms with Crippen molar-refractivity contribution < 1.29 is 29.2 Å². The average molecular weight is 583 g/mol. The first-order valence-electron chi connectivity index (χ1n) is 12.2. The van der Waals surface area contributed by atoms with Gasteiger partial charge in [-0.25, -0.2) is 0 Å². The highest BCUT2D eigenvalue weighted by atomic mass is 32.2. The van der Waals surface area contributed by atoms with Gasteiger partial charge in [-0.15, -0.1) is 23.5 Å². The molecule has 2 atom stereocenters. The molecule has 0 aliphatic carbocycles. The van der Waals surface area contributed by atoms with E-state index in [0.29, 0.717) is 11.7 Å². The number of nitro groups is 2. The average Bonchev–Trinajstić information content (AvgIpc) is 3.63. The van der Waals surface area contributed by atoms with Crippen LogP contribution in [0.4, 0.5) is 0 Å². The zero-order valence-electron chi connectivity index (χ0n) is 22.3. The van der Waals surface area contributed by atoms with Crippen molar-refractivity contribution in [2.45, 2.75) is 19.8 Å². The van der Waals surface area contributed by atoms with Crippen molar-refractivity contribution in [3.8, 4) is 0 Å². The second-order valence-electron chi connectivity index (χ2n) is 8.29. The van der Waals surface area contributed by atoms with Crippen LogP contribution in [0.1, 0.15) is 19.8 Å². The van der Waals surface area contributed by atoms with E-state index in [2.05, 4.69) is 10.6 Å². The SMILES string of the molecule is CC(=O)O.CSC(=C[N+](=O)[O-])SC.NCCNCC1CCOC1.O=[N+]([O-])/C=C1/NCCN1CC1CCOC1. The molecule has 3 aliphatic rings. The molecule has 3 heterocycles. The smallest absolute Gasteiger partial charge is 0.300 e. The molecule has 220 valence electrons. The fraction of sp³-hybridized carbons (Fsp3) is 0.773. The Hall–Kier alpha value is -2.11. The molecule has 3 saturated heterocycles. The highest BCUT2D eigenvalue weighted by Crippen LogP contribution is 2.22. The number of hydrogen-bond acceptors (Lipinski definition) is 13. The van der Waals surface area contributed by atoms with Crippen LogP contribution in [-0.4, -0.2) is 104 Å². The predicted octanol–water partition coefficient (Wildman–Crippen LogP) is 1.45. The number of hydrogen-bond donors (Lipinski definition) is 4. The molecule has 14 nitrogen and oxygen atoms in total. The van der Waals surface area contributed by atoms with Gasteiger partial charge in [0.2, 0.25) is 0 Å². The van der Waals surface area contributed by atoms with E-state index in [1.165, 1.54) is 29.9 Å². The minimum Gasteiger partial charge on any atom is -0.481 e. The molecular weight excluding hydrogens is 540 g/mol. The van der Waals surface area contributed by atoms with Gasteiger partial charge in [-0.2, -0.15) is 0 Å². The minimum absolute atomic E-state index is 0.411. The number of carboxylic acid groups (broad SMARTS) is 1. The standard InChI is InChI=1S/C9H15N3O3.C7H16N2O.C4H7NO2S2.C2H4O2/c13-12(14)6-9-10-2-3-11(9)5-8-1-4-15-7-8;8-2-3-9-5-7-1-4-10-6-7;1-8-4(9-2)3-5(6)7;1-2(3)4/h6,8,10H,1-5,7H2;7,9H,1-6,8H2;3H,1-2H3;1H3,(H,3,4)/b9-6-;;;. The van der Waals surface area contributed by atoms with Crippen molar-refractivity contribution in [2.24, 2.45) is 17.6 Å². The molecule has 3 rings (SSSR count). The predicted molar refractivity (Wildman–Crippen MR) is 150 cm³/mol. The van der Waals surface area contributed by atoms with Crippen molar-refractivity contribution in [1.82, 2.24) is 15.5 Å². The molecule has 38 heavy (non-hydrogen) atoms. The molecule has 0 aromatic rings. The van der Waals surface area contributed by atoms with E-state index in [1.807, 2.05) is 17.4 Å². The molecule has 0 aromatic heterocycles. The monoisotopic (exact) mass is 582 g/mol. The normalized spacial score (nSPS) is 20.6. The summed E-state index contributed by atoms with van der Waals surface area (Å²) in [6, 6.07) is 0. The van der Waals surface area contributed by atoms with E-state index in [9.17, 15) is 20.2 Å². The molecule has 0 spiro atoms. The van der Waals surface area contributed by atoms with E-state index >= 15 is 0 Å². The van der Waals surface area contributed by atoms with Crippen LogP contribution in [0.5, 0.6) is 0 Å². The molecule has 0 saturated carbocycles. The second-order valence-corrected chi connectivity index (χ2v) is 10.2. The number of carboxylic acids is 1. The number of carbonyl (C=O) groups is 1. The van der Waals surface area contributed by atoms with E-state index < -0.39 is 15.8 Å². The summed E-state index contributed by atoms with van der Waals surface area (Å²) in [5.41, 5.74) is 5.32. The van der Waals surface area contributed by atoms with Crippen molar-refractivity contribution in [3.05, 3.63) is 42.7 Å². The fourth-order valence-electron chi connectivity index (χ4n) is 3.43. The summed E-state index contributed by atoms with van der Waals surface area (Å²) in [6.07, 6.45) is 7.94. The maximum absolute atomic E-state index is 10.4. The molecule has 3 aliphatic heterocycles. The molecule has 5 N–H and O–H groups in total. The number of aliphatic carboxylic acids is 1. The van der Waals surface area contributed by atoms with E-state index in [-0.39, 0.29) is 0 Å². The lowest BCUT2D eigenvalue weighted by Crippen LogP contribution is -2.28. The van der Waals surface area contributed by atoms with Gasteiger partial charge in [0.1, 0.15) is 4.24 Å². The molecule has 0 aromatic carbocycles. The maximum atomic E-state index is 10.4. The van der Waals surface area contributed by atoms with Gasteiger partial charge in [0.25, 0.3) is 18.4 Å². The van der Waals surface area contributed by atoms with E-state index in [0.717, 1.165) is 102 Å². The lowest BCUT2D eigenvalue weighted by Gasteiger charge is -2.20. The number of ether oxygens (including phenoxy) is 2. The first kappa shape index (κ1) is 35.9. The zero-order valence-corrected chi connectivity index (χ0v) is 24.0. The molecule has 0 radical (unpaired) electrons. The van der Waals surface area contributed by atoms with E-state index in [4.69, 9.17) is 25.1 Å². The van der Waals surface area contributed by atoms with Crippen LogP contribution in [-0.2, 0) is 14.3 Å². The number of thioether (sulfide) groups is 2. The third-order valence-corrected chi connectivity index (χ3v) is 7.17. The quantitative estimate of drug-likeness (QED) is 0.164. The van der Waals surface area contributed by atoms with Crippen molar-refractivity contribution in [1.29, 1.82) is 0 Å². The van der Waals surface area contributed by atoms with Crippen LogP contribution >= 0.6 is 23.5 Å². The highest BCUT2D eigenvalue weighted by molar-refractivity contribution is 8.21. The lowest BCUT2D eigenvalue weighted by atomic mass is 10.1. The van der Waals surface area contributed by atoms with Gasteiger partial charge in [0.15, 0.2) is 5.82 Å². The van der Waals surface area contributed by atoms with Gasteiger partial charge in [-0.05, 0) is 31.3 Å². The van der Waals surface area contributed by atoms with Crippen molar-refractivity contribution in [3.63, 3.8) is 0 Å². The van der Waals surface area contributed by atoms with Gasteiger partial charge >= 0.3 is 0 Å². The Kier molecular flexibility index (Phi) is 21.6. The van der Waals surface area contributed by atoms with Gasteiger partial charge < -0.3 is 35.8 Å². The third kappa shape index (κ3) is 19.9. The number of nitrogens with zero attached hydrogens (tertiary/aromatic N) is 3. The summed E-state index contributed by atoms with van der Waals surface area (Å²) < 4.78 is 11.2. The molecular formula is C22H42N6O8S2. The summed E-state index contributed by atoms with van der Waals surface area (Å²) in [5, 5.41) is 33.9. The Morgan fingerprint density at radius 2 is 1.76 bits per heavy atom. The summed E-state index contributed by atoms with van der Waals surface area (Å²) in [5.74, 6) is 1.04. The first-order chi connectivity index (χ1) is 18.1. The molecule has 16 heteroatoms. The van der Waals surface area contributed by atoms with Crippen molar-refractivity contribution in [2.75, 3.05) is 78.2 Å². The summed E-state index contributed by atoms with van der Waals surface area (Å²) >= 11 is 2.76. The number of rotatable bonds is 10. The largest absolute Gasteiger partial charge is 0.481 e. The van der Waals surface area contributed by atoms with Gasteiger partial charge in [-0.3, -0.25) is 25.0 Å². The Balaban J connectivity index is 0.000000524. The van der Waals surface area contributed by atoms with Crippen LogP contribution in [0, 0.1) is 32.1 Å². The molecule has 2 unspecified atom stereocenters. The zero-order chi connectivity index (χ0) is 28.8. The maximum Gasteiger partial charge on any atom is 0.300 e. The summed E-state index contributed by atoms with van der Waals surface area (Å²) in [6.45, 7) is 9.76. The highest BCUT2D eigenvalue weighted by Gasteiger charge is 2.25. The van der Waals surface area contributed by atoms with E-state index in [1.54, 1.807) is 0 Å². The Morgan fingerprint density at radius 1 is 1.18 bits per heavy atom. The van der Waals surface area contributed by atoms with Crippen LogP contribution in [0.15, 0.2) is 22.5 Å². The van der Waals surface area contributed by atoms with Crippen LogP contribution in [0.25, 0.3) is 0 Å². The molecule has 0 amide bonds. The van der Waals surface area contributed by atoms with Crippen LogP contribution < -0.4 is 16.4 Å². The Labute approximate surface area is 232 Å². The molecule has 0 bridgehead atoms. The first-order valence-corrected chi connectivity index (χ1v) is 14.6. The lowest BCUT2D eigenvalue weighted by molar-refractivity contribution is -0.404. The van der Waals surface area contributed by atoms with Crippen molar-refractivity contribution >= 4 is 29.5 Å². The fourth-order valence-corrected chi connectivity index (χ4v) is 4.48. The van der Waals surface area contributed by atoms with Gasteiger partial charge in [0.05, 0.1) is 23.1 Å². The van der Waals surface area contributed by atoms with Gasteiger partial charge in [0, 0.05) is 65.3 Å². The number of nitrogens with two attached hydrogens (primary N) is 1.